The number of hydrogen-bond acceptors (Lipinski definition) is 4. The smallest absolute Gasteiger partial charge is 0.315 e. The highest BCUT2D eigenvalue weighted by atomic mass is 19.1. The summed E-state index contributed by atoms with van der Waals surface area (Å²) in [7, 11) is 1.80. The minimum Gasteiger partial charge on any atom is -0.334 e. The van der Waals surface area contributed by atoms with Crippen LogP contribution in [0.5, 0.6) is 0 Å². The second-order valence-corrected chi connectivity index (χ2v) is 5.40. The van der Waals surface area contributed by atoms with Crippen LogP contribution in [0.3, 0.4) is 0 Å². The van der Waals surface area contributed by atoms with Crippen LogP contribution in [0.2, 0.25) is 0 Å². The number of carbonyl (C=O) groups excluding carboxylic acids is 1. The Bertz CT molecular complexity index is 847. The van der Waals surface area contributed by atoms with E-state index in [1.165, 1.54) is 12.1 Å². The van der Waals surface area contributed by atoms with Crippen LogP contribution >= 0.6 is 0 Å². The molecular formula is C17H17FN6O. The van der Waals surface area contributed by atoms with E-state index in [0.717, 1.165) is 11.3 Å². The van der Waals surface area contributed by atoms with Crippen molar-refractivity contribution in [1.82, 2.24) is 30.4 Å². The van der Waals surface area contributed by atoms with E-state index in [0.29, 0.717) is 24.5 Å². The van der Waals surface area contributed by atoms with Gasteiger partial charge in [-0.05, 0) is 23.8 Å². The van der Waals surface area contributed by atoms with Crippen LogP contribution in [0.1, 0.15) is 11.3 Å². The lowest BCUT2D eigenvalue weighted by molar-refractivity contribution is 0.240. The van der Waals surface area contributed by atoms with Gasteiger partial charge < -0.3 is 10.6 Å². The highest BCUT2D eigenvalue weighted by Gasteiger charge is 2.09. The number of hydrogen-bond donors (Lipinski definition) is 2. The minimum atomic E-state index is -0.313. The number of nitrogens with one attached hydrogen (secondary N) is 2. The molecule has 1 aromatic carbocycles. The van der Waals surface area contributed by atoms with E-state index in [4.69, 9.17) is 0 Å². The third-order valence-electron chi connectivity index (χ3n) is 3.60. The lowest BCUT2D eigenvalue weighted by Crippen LogP contribution is -2.35. The van der Waals surface area contributed by atoms with Crippen molar-refractivity contribution in [2.45, 2.75) is 13.1 Å². The zero-order valence-electron chi connectivity index (χ0n) is 13.6. The normalized spacial score (nSPS) is 10.5. The van der Waals surface area contributed by atoms with Gasteiger partial charge in [0, 0.05) is 26.0 Å². The zero-order chi connectivity index (χ0) is 17.6. The number of benzene rings is 1. The van der Waals surface area contributed by atoms with Gasteiger partial charge in [-0.2, -0.15) is 5.10 Å². The van der Waals surface area contributed by atoms with Gasteiger partial charge in [-0.1, -0.05) is 12.1 Å². The summed E-state index contributed by atoms with van der Waals surface area (Å²) >= 11 is 0. The van der Waals surface area contributed by atoms with Crippen molar-refractivity contribution in [2.24, 2.45) is 7.05 Å². The predicted molar refractivity (Wildman–Crippen MR) is 89.7 cm³/mol. The monoisotopic (exact) mass is 340 g/mol. The SMILES string of the molecule is Cn1nc(-c2cnccn2)cc1CNC(=O)NCc1ccc(F)cc1. The molecule has 0 atom stereocenters. The van der Waals surface area contributed by atoms with Crippen LogP contribution in [0.15, 0.2) is 48.9 Å². The Kier molecular flexibility index (Phi) is 4.98. The Balaban J connectivity index is 1.53. The van der Waals surface area contributed by atoms with Gasteiger partial charge in [0.05, 0.1) is 18.4 Å². The number of rotatable bonds is 5. The Labute approximate surface area is 143 Å². The van der Waals surface area contributed by atoms with Crippen molar-refractivity contribution in [2.75, 3.05) is 0 Å². The summed E-state index contributed by atoms with van der Waals surface area (Å²) in [6.07, 6.45) is 4.83. The maximum absolute atomic E-state index is 12.8. The average molecular weight is 340 g/mol. The second kappa shape index (κ2) is 7.52. The molecule has 2 aromatic heterocycles. The van der Waals surface area contributed by atoms with Gasteiger partial charge in [-0.15, -0.1) is 0 Å². The largest absolute Gasteiger partial charge is 0.334 e. The first-order chi connectivity index (χ1) is 12.1. The molecule has 0 saturated carbocycles. The molecule has 2 amide bonds. The fourth-order valence-corrected chi connectivity index (χ4v) is 2.25. The Morgan fingerprint density at radius 3 is 2.60 bits per heavy atom. The lowest BCUT2D eigenvalue weighted by Gasteiger charge is -2.07. The summed E-state index contributed by atoms with van der Waals surface area (Å²) in [4.78, 5) is 20.1. The summed E-state index contributed by atoms with van der Waals surface area (Å²) < 4.78 is 14.5. The van der Waals surface area contributed by atoms with Crippen LogP contribution in [0.25, 0.3) is 11.4 Å². The molecule has 0 saturated heterocycles. The lowest BCUT2D eigenvalue weighted by atomic mass is 10.2. The molecule has 3 aromatic rings. The standard InChI is InChI=1S/C17H17FN6O/c1-24-14(8-15(23-24)16-11-19-6-7-20-16)10-22-17(25)21-9-12-2-4-13(18)5-3-12/h2-8,11H,9-10H2,1H3,(H2,21,22,25). The maximum Gasteiger partial charge on any atom is 0.315 e. The summed E-state index contributed by atoms with van der Waals surface area (Å²) in [5.74, 6) is -0.302. The van der Waals surface area contributed by atoms with Crippen molar-refractivity contribution in [3.8, 4) is 11.4 Å². The molecule has 3 rings (SSSR count). The summed E-state index contributed by atoms with van der Waals surface area (Å²) in [6, 6.07) is 7.52. The maximum atomic E-state index is 12.8. The highest BCUT2D eigenvalue weighted by Crippen LogP contribution is 2.14. The van der Waals surface area contributed by atoms with E-state index in [-0.39, 0.29) is 11.8 Å². The first-order valence-corrected chi connectivity index (χ1v) is 7.67. The minimum absolute atomic E-state index is 0.302. The molecule has 0 aliphatic heterocycles. The van der Waals surface area contributed by atoms with Gasteiger partial charge in [0.2, 0.25) is 0 Å². The molecule has 0 spiro atoms. The van der Waals surface area contributed by atoms with Crippen molar-refractivity contribution in [3.63, 3.8) is 0 Å². The number of carbonyl (C=O) groups is 1. The quantitative estimate of drug-likeness (QED) is 0.744. The van der Waals surface area contributed by atoms with E-state index < -0.39 is 0 Å². The van der Waals surface area contributed by atoms with Crippen LogP contribution in [-0.4, -0.2) is 25.8 Å². The Morgan fingerprint density at radius 1 is 1.12 bits per heavy atom. The summed E-state index contributed by atoms with van der Waals surface area (Å²) in [5, 5.41) is 9.85. The zero-order valence-corrected chi connectivity index (χ0v) is 13.6. The molecule has 0 radical (unpaired) electrons. The fraction of sp³-hybridized carbons (Fsp3) is 0.176. The summed E-state index contributed by atoms with van der Waals surface area (Å²) in [6.45, 7) is 0.640. The van der Waals surface area contributed by atoms with E-state index in [1.807, 2.05) is 6.07 Å². The van der Waals surface area contributed by atoms with Crippen molar-refractivity contribution in [3.05, 3.63) is 66.0 Å². The number of halogens is 1. The number of aromatic nitrogens is 4. The molecule has 25 heavy (non-hydrogen) atoms. The van der Waals surface area contributed by atoms with E-state index in [2.05, 4.69) is 25.7 Å². The highest BCUT2D eigenvalue weighted by molar-refractivity contribution is 5.73. The molecule has 8 heteroatoms. The molecule has 7 nitrogen and oxygen atoms in total. The van der Waals surface area contributed by atoms with Gasteiger partial charge >= 0.3 is 6.03 Å². The number of nitrogens with zero attached hydrogens (tertiary/aromatic N) is 4. The molecule has 2 heterocycles. The summed E-state index contributed by atoms with van der Waals surface area (Å²) in [5.41, 5.74) is 3.02. The van der Waals surface area contributed by atoms with Crippen LogP contribution in [-0.2, 0) is 20.1 Å². The van der Waals surface area contributed by atoms with Crippen LogP contribution < -0.4 is 10.6 Å². The second-order valence-electron chi connectivity index (χ2n) is 5.40. The molecule has 0 bridgehead atoms. The molecule has 2 N–H and O–H groups in total. The van der Waals surface area contributed by atoms with Crippen LogP contribution in [0.4, 0.5) is 9.18 Å². The van der Waals surface area contributed by atoms with Crippen LogP contribution in [0, 0.1) is 5.82 Å². The van der Waals surface area contributed by atoms with Gasteiger partial charge in [-0.3, -0.25) is 14.6 Å². The molecule has 0 unspecified atom stereocenters. The number of urea groups is 1. The Hall–Kier alpha value is -3.29. The molecule has 0 aliphatic rings. The van der Waals surface area contributed by atoms with E-state index in [9.17, 15) is 9.18 Å². The number of aryl methyl sites for hydroxylation is 1. The third-order valence-corrected chi connectivity index (χ3v) is 3.60. The van der Waals surface area contributed by atoms with Crippen molar-refractivity contribution < 1.29 is 9.18 Å². The first-order valence-electron chi connectivity index (χ1n) is 7.67. The average Bonchev–Trinajstić information content (AvgIpc) is 3.01. The molecule has 0 fully saturated rings. The predicted octanol–water partition coefficient (Wildman–Crippen LogP) is 2.02. The third kappa shape index (κ3) is 4.37. The topological polar surface area (TPSA) is 84.7 Å². The first kappa shape index (κ1) is 16.6. The molecule has 0 aliphatic carbocycles. The van der Waals surface area contributed by atoms with Gasteiger partial charge in [-0.25, -0.2) is 9.18 Å². The molecular weight excluding hydrogens is 323 g/mol. The van der Waals surface area contributed by atoms with Crippen molar-refractivity contribution in [1.29, 1.82) is 0 Å². The van der Waals surface area contributed by atoms with E-state index >= 15 is 0 Å². The number of amides is 2. The molecule has 128 valence electrons. The van der Waals surface area contributed by atoms with Gasteiger partial charge in [0.25, 0.3) is 0 Å². The van der Waals surface area contributed by atoms with E-state index in [1.54, 1.807) is 42.5 Å². The fourth-order valence-electron chi connectivity index (χ4n) is 2.25. The van der Waals surface area contributed by atoms with Crippen molar-refractivity contribution >= 4 is 6.03 Å². The van der Waals surface area contributed by atoms with Gasteiger partial charge in [0.15, 0.2) is 0 Å². The van der Waals surface area contributed by atoms with Gasteiger partial charge in [0.1, 0.15) is 17.2 Å². The Morgan fingerprint density at radius 2 is 1.88 bits per heavy atom.